The van der Waals surface area contributed by atoms with Crippen molar-refractivity contribution >= 4 is 21.7 Å². The van der Waals surface area contributed by atoms with Crippen molar-refractivity contribution in [3.05, 3.63) is 23.8 Å². The summed E-state index contributed by atoms with van der Waals surface area (Å²) in [7, 11) is 3.08. The Balaban J connectivity index is 3.00. The van der Waals surface area contributed by atoms with Crippen LogP contribution in [0.4, 0.5) is 0 Å². The van der Waals surface area contributed by atoms with Crippen molar-refractivity contribution in [1.29, 1.82) is 0 Å². The molecule has 0 aliphatic carbocycles. The molecule has 0 bridgehead atoms. The number of benzene rings is 1. The highest BCUT2D eigenvalue weighted by Crippen LogP contribution is 2.25. The predicted octanol–water partition coefficient (Wildman–Crippen LogP) is 2.26. The van der Waals surface area contributed by atoms with Gasteiger partial charge in [0.15, 0.2) is 12.6 Å². The average Bonchev–Trinajstić information content (AvgIpc) is 2.34. The highest BCUT2D eigenvalue weighted by atomic mass is 79.9. The summed E-state index contributed by atoms with van der Waals surface area (Å²) in [6.07, 6.45) is 0. The summed E-state index contributed by atoms with van der Waals surface area (Å²) in [4.78, 5) is 11.6. The minimum absolute atomic E-state index is 0.0474. The Labute approximate surface area is 103 Å². The first-order valence-electron chi connectivity index (χ1n) is 4.62. The predicted molar refractivity (Wildman–Crippen MR) is 63.6 cm³/mol. The van der Waals surface area contributed by atoms with Crippen molar-refractivity contribution in [2.75, 3.05) is 26.3 Å². The molecule has 16 heavy (non-hydrogen) atoms. The van der Waals surface area contributed by atoms with Gasteiger partial charge in [-0.15, -0.1) is 0 Å². The van der Waals surface area contributed by atoms with Crippen LogP contribution in [0.25, 0.3) is 0 Å². The minimum atomic E-state index is -0.0474. The van der Waals surface area contributed by atoms with Crippen molar-refractivity contribution in [3.63, 3.8) is 0 Å². The van der Waals surface area contributed by atoms with Crippen LogP contribution in [0.15, 0.2) is 18.2 Å². The average molecular weight is 289 g/mol. The third kappa shape index (κ3) is 3.21. The van der Waals surface area contributed by atoms with Crippen LogP contribution in [0.5, 0.6) is 11.5 Å². The number of ketones is 1. The molecule has 0 aromatic heterocycles. The zero-order valence-electron chi connectivity index (χ0n) is 9.16. The lowest BCUT2D eigenvalue weighted by Crippen LogP contribution is -2.07. The lowest BCUT2D eigenvalue weighted by Gasteiger charge is -2.10. The summed E-state index contributed by atoms with van der Waals surface area (Å²) in [6.45, 7) is 0.0930. The summed E-state index contributed by atoms with van der Waals surface area (Å²) in [5.74, 6) is 1.05. The Bertz CT molecular complexity index is 365. The van der Waals surface area contributed by atoms with Crippen molar-refractivity contribution in [1.82, 2.24) is 0 Å². The number of rotatable bonds is 6. The molecule has 88 valence electrons. The normalized spacial score (nSPS) is 9.94. The molecular weight excluding hydrogens is 276 g/mol. The molecule has 0 saturated heterocycles. The van der Waals surface area contributed by atoms with Crippen molar-refractivity contribution in [2.45, 2.75) is 0 Å². The van der Waals surface area contributed by atoms with Crippen LogP contribution in [0.2, 0.25) is 0 Å². The summed E-state index contributed by atoms with van der Waals surface area (Å²) in [6, 6.07) is 5.05. The zero-order chi connectivity index (χ0) is 12.0. The second-order valence-corrected chi connectivity index (χ2v) is 3.53. The number of alkyl halides is 1. The van der Waals surface area contributed by atoms with Crippen LogP contribution in [0.3, 0.4) is 0 Å². The lowest BCUT2D eigenvalue weighted by atomic mass is 10.1. The van der Waals surface area contributed by atoms with E-state index in [1.165, 1.54) is 7.11 Å². The second kappa shape index (κ2) is 6.50. The molecule has 0 fully saturated rings. The molecule has 1 rings (SSSR count). The van der Waals surface area contributed by atoms with Crippen molar-refractivity contribution in [3.8, 4) is 11.5 Å². The van der Waals surface area contributed by atoms with Gasteiger partial charge in [0.05, 0.1) is 18.0 Å². The first kappa shape index (κ1) is 13.0. The molecule has 1 aromatic rings. The van der Waals surface area contributed by atoms with E-state index in [1.54, 1.807) is 25.3 Å². The van der Waals surface area contributed by atoms with Gasteiger partial charge < -0.3 is 14.2 Å². The molecule has 0 radical (unpaired) electrons. The molecule has 0 aliphatic heterocycles. The van der Waals surface area contributed by atoms with Gasteiger partial charge in [-0.3, -0.25) is 4.79 Å². The minimum Gasteiger partial charge on any atom is -0.497 e. The third-order valence-electron chi connectivity index (χ3n) is 1.94. The molecule has 0 aliphatic rings. The Kier molecular flexibility index (Phi) is 5.28. The molecule has 0 unspecified atom stereocenters. The van der Waals surface area contributed by atoms with Crippen molar-refractivity contribution in [2.24, 2.45) is 0 Å². The number of carbonyl (C=O) groups is 1. The molecule has 0 saturated carbocycles. The number of ether oxygens (including phenoxy) is 3. The molecule has 0 spiro atoms. The van der Waals surface area contributed by atoms with E-state index in [1.807, 2.05) is 0 Å². The van der Waals surface area contributed by atoms with E-state index in [9.17, 15) is 4.79 Å². The molecule has 5 heteroatoms. The topological polar surface area (TPSA) is 44.8 Å². The Morgan fingerprint density at radius 2 is 2.12 bits per heavy atom. The first-order valence-corrected chi connectivity index (χ1v) is 5.74. The first-order chi connectivity index (χ1) is 7.72. The van der Waals surface area contributed by atoms with Crippen molar-refractivity contribution < 1.29 is 19.0 Å². The number of halogens is 1. The van der Waals surface area contributed by atoms with Gasteiger partial charge in [-0.25, -0.2) is 0 Å². The standard InChI is InChI=1S/C11H13BrO4/c1-14-7-16-11-5-8(15-2)3-4-9(11)10(13)6-12/h3-5H,6-7H2,1-2H3. The Hall–Kier alpha value is -1.07. The van der Waals surface area contributed by atoms with E-state index in [4.69, 9.17) is 14.2 Å². The van der Waals surface area contributed by atoms with Crippen LogP contribution in [0, 0.1) is 0 Å². The molecule has 0 N–H and O–H groups in total. The van der Waals surface area contributed by atoms with Crippen LogP contribution in [0.1, 0.15) is 10.4 Å². The summed E-state index contributed by atoms with van der Waals surface area (Å²) < 4.78 is 15.2. The summed E-state index contributed by atoms with van der Waals surface area (Å²) in [5.41, 5.74) is 0.509. The molecule has 1 aromatic carbocycles. The highest BCUT2D eigenvalue weighted by molar-refractivity contribution is 9.09. The quantitative estimate of drug-likeness (QED) is 0.458. The van der Waals surface area contributed by atoms with E-state index in [-0.39, 0.29) is 17.9 Å². The fourth-order valence-corrected chi connectivity index (χ4v) is 1.48. The van der Waals surface area contributed by atoms with Gasteiger partial charge in [0, 0.05) is 13.2 Å². The summed E-state index contributed by atoms with van der Waals surface area (Å²) >= 11 is 3.12. The number of hydrogen-bond acceptors (Lipinski definition) is 4. The largest absolute Gasteiger partial charge is 0.497 e. The van der Waals surface area contributed by atoms with Crippen LogP contribution < -0.4 is 9.47 Å². The SMILES string of the molecule is COCOc1cc(OC)ccc1C(=O)CBr. The molecule has 0 atom stereocenters. The number of hydrogen-bond donors (Lipinski definition) is 0. The smallest absolute Gasteiger partial charge is 0.188 e. The Morgan fingerprint density at radius 3 is 2.69 bits per heavy atom. The maximum atomic E-state index is 11.6. The fraction of sp³-hybridized carbons (Fsp3) is 0.364. The van der Waals surface area contributed by atoms with E-state index in [0.29, 0.717) is 17.1 Å². The van der Waals surface area contributed by atoms with Gasteiger partial charge in [-0.2, -0.15) is 0 Å². The van der Waals surface area contributed by atoms with Gasteiger partial charge in [-0.1, -0.05) is 15.9 Å². The van der Waals surface area contributed by atoms with Crippen LogP contribution >= 0.6 is 15.9 Å². The fourth-order valence-electron chi connectivity index (χ4n) is 1.17. The lowest BCUT2D eigenvalue weighted by molar-refractivity contribution is 0.0501. The Morgan fingerprint density at radius 1 is 1.38 bits per heavy atom. The maximum Gasteiger partial charge on any atom is 0.188 e. The van der Waals surface area contributed by atoms with E-state index in [2.05, 4.69) is 15.9 Å². The molecular formula is C11H13BrO4. The van der Waals surface area contributed by atoms with E-state index < -0.39 is 0 Å². The molecule has 0 heterocycles. The van der Waals surface area contributed by atoms with Gasteiger partial charge >= 0.3 is 0 Å². The third-order valence-corrected chi connectivity index (χ3v) is 2.45. The molecule has 0 amide bonds. The second-order valence-electron chi connectivity index (χ2n) is 2.97. The zero-order valence-corrected chi connectivity index (χ0v) is 10.7. The molecule has 4 nitrogen and oxygen atoms in total. The number of carbonyl (C=O) groups excluding carboxylic acids is 1. The number of Topliss-reactive ketones (excluding diaryl/α,β-unsaturated/α-hetero) is 1. The van der Waals surface area contributed by atoms with Crippen LogP contribution in [-0.4, -0.2) is 32.1 Å². The van der Waals surface area contributed by atoms with Gasteiger partial charge in [0.25, 0.3) is 0 Å². The van der Waals surface area contributed by atoms with E-state index in [0.717, 1.165) is 0 Å². The van der Waals surface area contributed by atoms with Gasteiger partial charge in [0.2, 0.25) is 0 Å². The maximum absolute atomic E-state index is 11.6. The van der Waals surface area contributed by atoms with Crippen LogP contribution in [-0.2, 0) is 4.74 Å². The summed E-state index contributed by atoms with van der Waals surface area (Å²) in [5, 5.41) is 0.253. The number of methoxy groups -OCH3 is 2. The highest BCUT2D eigenvalue weighted by Gasteiger charge is 2.12. The monoisotopic (exact) mass is 288 g/mol. The van der Waals surface area contributed by atoms with E-state index >= 15 is 0 Å². The van der Waals surface area contributed by atoms with Gasteiger partial charge in [0.1, 0.15) is 11.5 Å². The van der Waals surface area contributed by atoms with Gasteiger partial charge in [-0.05, 0) is 12.1 Å².